The van der Waals surface area contributed by atoms with Gasteiger partial charge in [-0.15, -0.1) is 0 Å². The summed E-state index contributed by atoms with van der Waals surface area (Å²) in [6.45, 7) is 1.92. The van der Waals surface area contributed by atoms with Crippen LogP contribution in [-0.4, -0.2) is 19.9 Å². The first-order chi connectivity index (χ1) is 13.2. The van der Waals surface area contributed by atoms with Crippen molar-refractivity contribution in [1.29, 1.82) is 0 Å². The maximum Gasteiger partial charge on any atom is 0.222 e. The molecule has 0 saturated heterocycles. The van der Waals surface area contributed by atoms with Crippen molar-refractivity contribution in [3.63, 3.8) is 0 Å². The summed E-state index contributed by atoms with van der Waals surface area (Å²) in [5.41, 5.74) is 4.84. The molecule has 4 aromatic heterocycles. The summed E-state index contributed by atoms with van der Waals surface area (Å²) in [6, 6.07) is 9.43. The number of nitrogens with one attached hydrogen (secondary N) is 2. The predicted molar refractivity (Wildman–Crippen MR) is 104 cm³/mol. The molecule has 1 aliphatic carbocycles. The number of aromatic amines is 1. The van der Waals surface area contributed by atoms with Crippen molar-refractivity contribution in [1.82, 2.24) is 19.9 Å². The van der Waals surface area contributed by atoms with Gasteiger partial charge in [-0.1, -0.05) is 0 Å². The molecule has 0 atom stereocenters. The highest BCUT2D eigenvalue weighted by Crippen LogP contribution is 2.39. The zero-order valence-electron chi connectivity index (χ0n) is 14.8. The van der Waals surface area contributed by atoms with Crippen molar-refractivity contribution < 1.29 is 4.39 Å². The molecule has 27 heavy (non-hydrogen) atoms. The van der Waals surface area contributed by atoms with E-state index in [1.807, 2.05) is 25.1 Å². The lowest BCUT2D eigenvalue weighted by Crippen LogP contribution is -1.99. The lowest BCUT2D eigenvalue weighted by atomic mass is 10.0. The van der Waals surface area contributed by atoms with Gasteiger partial charge >= 0.3 is 0 Å². The molecular formula is C21H18FN5. The summed E-state index contributed by atoms with van der Waals surface area (Å²) in [5.74, 6) is 0.552. The van der Waals surface area contributed by atoms with Crippen molar-refractivity contribution in [3.8, 4) is 11.1 Å². The molecule has 6 heteroatoms. The Morgan fingerprint density at radius 1 is 1.07 bits per heavy atom. The van der Waals surface area contributed by atoms with Crippen LogP contribution in [0, 0.1) is 12.9 Å². The van der Waals surface area contributed by atoms with E-state index >= 15 is 0 Å². The number of H-pyrrole nitrogens is 1. The van der Waals surface area contributed by atoms with Crippen molar-refractivity contribution in [3.05, 3.63) is 66.1 Å². The first-order valence-corrected chi connectivity index (χ1v) is 9.01. The first-order valence-electron chi connectivity index (χ1n) is 9.01. The number of fused-ring (bicyclic) bond motifs is 1. The van der Waals surface area contributed by atoms with Gasteiger partial charge in [-0.2, -0.15) is 4.39 Å². The zero-order chi connectivity index (χ0) is 18.4. The molecule has 0 aromatic carbocycles. The van der Waals surface area contributed by atoms with Crippen LogP contribution in [-0.2, 0) is 0 Å². The minimum absolute atomic E-state index is 0.453. The third-order valence-electron chi connectivity index (χ3n) is 4.95. The quantitative estimate of drug-likeness (QED) is 0.498. The number of anilines is 2. The Labute approximate surface area is 155 Å². The fourth-order valence-corrected chi connectivity index (χ4v) is 3.40. The maximum absolute atomic E-state index is 14.8. The zero-order valence-corrected chi connectivity index (χ0v) is 14.8. The minimum atomic E-state index is -0.514. The van der Waals surface area contributed by atoms with Gasteiger partial charge in [0.2, 0.25) is 5.95 Å². The SMILES string of the molecule is Cc1cnc2[nH]ccc2c1-c1ccc(Nc2ccc(C3CC3)nc2)nc1F. The van der Waals surface area contributed by atoms with Crippen LogP contribution in [0.3, 0.4) is 0 Å². The van der Waals surface area contributed by atoms with E-state index < -0.39 is 5.95 Å². The van der Waals surface area contributed by atoms with Gasteiger partial charge in [0.25, 0.3) is 0 Å². The Bertz CT molecular complexity index is 1130. The van der Waals surface area contributed by atoms with E-state index in [0.717, 1.165) is 33.5 Å². The summed E-state index contributed by atoms with van der Waals surface area (Å²) in [7, 11) is 0. The van der Waals surface area contributed by atoms with Gasteiger partial charge in [0.05, 0.1) is 11.9 Å². The molecular weight excluding hydrogens is 341 g/mol. The highest BCUT2D eigenvalue weighted by atomic mass is 19.1. The van der Waals surface area contributed by atoms with Gasteiger partial charge in [0.1, 0.15) is 11.5 Å². The Kier molecular flexibility index (Phi) is 3.63. The molecule has 0 radical (unpaired) electrons. The minimum Gasteiger partial charge on any atom is -0.346 e. The monoisotopic (exact) mass is 359 g/mol. The number of nitrogens with zero attached hydrogens (tertiary/aromatic N) is 3. The average Bonchev–Trinajstić information content (AvgIpc) is 3.41. The molecule has 0 unspecified atom stereocenters. The van der Waals surface area contributed by atoms with Crippen LogP contribution in [0.4, 0.5) is 15.9 Å². The molecule has 2 N–H and O–H groups in total. The number of rotatable bonds is 4. The van der Waals surface area contributed by atoms with Gasteiger partial charge in [0.15, 0.2) is 0 Å². The fourth-order valence-electron chi connectivity index (χ4n) is 3.40. The topological polar surface area (TPSA) is 66.5 Å². The summed E-state index contributed by atoms with van der Waals surface area (Å²) < 4.78 is 14.8. The summed E-state index contributed by atoms with van der Waals surface area (Å²) in [5, 5.41) is 4.01. The third-order valence-corrected chi connectivity index (χ3v) is 4.95. The first kappa shape index (κ1) is 15.9. The van der Waals surface area contributed by atoms with Crippen LogP contribution in [0.5, 0.6) is 0 Å². The van der Waals surface area contributed by atoms with Crippen molar-refractivity contribution in [2.45, 2.75) is 25.7 Å². The van der Waals surface area contributed by atoms with E-state index in [1.165, 1.54) is 12.8 Å². The van der Waals surface area contributed by atoms with E-state index in [4.69, 9.17) is 0 Å². The Morgan fingerprint density at radius 2 is 1.96 bits per heavy atom. The Balaban J connectivity index is 1.46. The van der Waals surface area contributed by atoms with Gasteiger partial charge in [0, 0.05) is 40.5 Å². The molecule has 134 valence electrons. The van der Waals surface area contributed by atoms with Crippen molar-refractivity contribution in [2.75, 3.05) is 5.32 Å². The van der Waals surface area contributed by atoms with Crippen LogP contribution in [0.1, 0.15) is 30.0 Å². The lowest BCUT2D eigenvalue weighted by Gasteiger charge is -2.11. The van der Waals surface area contributed by atoms with Gasteiger partial charge in [-0.3, -0.25) is 4.98 Å². The predicted octanol–water partition coefficient (Wildman–Crippen LogP) is 5.09. The average molecular weight is 359 g/mol. The van der Waals surface area contributed by atoms with Crippen LogP contribution >= 0.6 is 0 Å². The van der Waals surface area contributed by atoms with E-state index in [1.54, 1.807) is 30.7 Å². The fraction of sp³-hybridized carbons (Fsp3) is 0.190. The molecule has 0 amide bonds. The van der Waals surface area contributed by atoms with E-state index in [0.29, 0.717) is 17.3 Å². The van der Waals surface area contributed by atoms with Crippen LogP contribution in [0.2, 0.25) is 0 Å². The van der Waals surface area contributed by atoms with Gasteiger partial charge in [-0.05, 0) is 55.7 Å². The summed E-state index contributed by atoms with van der Waals surface area (Å²) >= 11 is 0. The number of aromatic nitrogens is 4. The van der Waals surface area contributed by atoms with Crippen molar-refractivity contribution in [2.24, 2.45) is 0 Å². The number of aryl methyl sites for hydroxylation is 1. The molecule has 5 nitrogen and oxygen atoms in total. The van der Waals surface area contributed by atoms with Gasteiger partial charge < -0.3 is 10.3 Å². The van der Waals surface area contributed by atoms with E-state index in [2.05, 4.69) is 25.3 Å². The largest absolute Gasteiger partial charge is 0.346 e. The molecule has 0 bridgehead atoms. The van der Waals surface area contributed by atoms with Gasteiger partial charge in [-0.25, -0.2) is 9.97 Å². The molecule has 4 heterocycles. The third kappa shape index (κ3) is 2.93. The van der Waals surface area contributed by atoms with Crippen LogP contribution in [0.25, 0.3) is 22.2 Å². The molecule has 0 aliphatic heterocycles. The molecule has 0 spiro atoms. The van der Waals surface area contributed by atoms with Crippen molar-refractivity contribution >= 4 is 22.5 Å². The van der Waals surface area contributed by atoms with E-state index in [9.17, 15) is 4.39 Å². The second-order valence-corrected chi connectivity index (χ2v) is 6.96. The second kappa shape index (κ2) is 6.16. The second-order valence-electron chi connectivity index (χ2n) is 6.96. The highest BCUT2D eigenvalue weighted by molar-refractivity contribution is 5.94. The number of hydrogen-bond donors (Lipinski definition) is 2. The summed E-state index contributed by atoms with van der Waals surface area (Å²) in [6.07, 6.45) is 7.76. The smallest absolute Gasteiger partial charge is 0.222 e. The molecule has 1 fully saturated rings. The molecule has 5 rings (SSSR count). The Hall–Kier alpha value is -3.28. The van der Waals surface area contributed by atoms with Crippen LogP contribution < -0.4 is 5.32 Å². The highest BCUT2D eigenvalue weighted by Gasteiger charge is 2.24. The Morgan fingerprint density at radius 3 is 2.70 bits per heavy atom. The molecule has 1 aliphatic rings. The maximum atomic E-state index is 14.8. The number of pyridine rings is 3. The van der Waals surface area contributed by atoms with Crippen LogP contribution in [0.15, 0.2) is 48.9 Å². The molecule has 4 aromatic rings. The summed E-state index contributed by atoms with van der Waals surface area (Å²) in [4.78, 5) is 16.0. The normalized spacial score (nSPS) is 13.9. The van der Waals surface area contributed by atoms with E-state index in [-0.39, 0.29) is 0 Å². The standard InChI is InChI=1S/C21H18FN5/c1-12-10-25-21-16(8-9-23-21)19(12)15-5-7-18(27-20(15)22)26-14-4-6-17(24-11-14)13-2-3-13/h4-11,13H,2-3H2,1H3,(H,23,25)(H,26,27). The lowest BCUT2D eigenvalue weighted by molar-refractivity contribution is 0.589. The number of hydrogen-bond acceptors (Lipinski definition) is 4. The number of halogens is 1. The molecule has 1 saturated carbocycles.